The van der Waals surface area contributed by atoms with Gasteiger partial charge in [-0.25, -0.2) is 17.5 Å². The van der Waals surface area contributed by atoms with E-state index in [9.17, 15) is 12.8 Å². The second kappa shape index (κ2) is 8.23. The summed E-state index contributed by atoms with van der Waals surface area (Å²) in [7, 11) is -3.86. The van der Waals surface area contributed by atoms with E-state index in [1.807, 2.05) is 41.2 Å². The van der Waals surface area contributed by atoms with Crippen molar-refractivity contribution in [2.24, 2.45) is 0 Å². The lowest BCUT2D eigenvalue weighted by Gasteiger charge is -2.22. The Morgan fingerprint density at radius 2 is 2.03 bits per heavy atom. The largest absolute Gasteiger partial charge is 0.370 e. The van der Waals surface area contributed by atoms with Crippen molar-refractivity contribution in [1.82, 2.24) is 14.5 Å². The third-order valence-corrected chi connectivity index (χ3v) is 6.42. The van der Waals surface area contributed by atoms with Crippen LogP contribution in [0.4, 0.5) is 4.39 Å². The number of benzene rings is 2. The quantitative estimate of drug-likeness (QED) is 0.644. The van der Waals surface area contributed by atoms with Gasteiger partial charge < -0.3 is 4.74 Å². The SMILES string of the molecule is O=S(=O)(NC[C@@H]1OCCc2cn(Cc3ccccc3)nc21)c1ccc(F)c(Cl)c1. The molecule has 29 heavy (non-hydrogen) atoms. The Hall–Kier alpha value is -2.26. The van der Waals surface area contributed by atoms with Gasteiger partial charge in [0.05, 0.1) is 28.8 Å². The van der Waals surface area contributed by atoms with Crippen molar-refractivity contribution >= 4 is 21.6 Å². The Kier molecular flexibility index (Phi) is 5.69. The van der Waals surface area contributed by atoms with Crippen LogP contribution < -0.4 is 4.72 Å². The van der Waals surface area contributed by atoms with Crippen LogP contribution >= 0.6 is 11.6 Å². The first-order valence-corrected chi connectivity index (χ1v) is 10.9. The molecule has 152 valence electrons. The molecule has 9 heteroatoms. The molecule has 2 heterocycles. The molecule has 0 fully saturated rings. The standard InChI is InChI=1S/C20H19ClFN3O3S/c21-17-10-16(6-7-18(17)22)29(26,27)23-11-19-20-15(8-9-28-19)13-25(24-20)12-14-4-2-1-3-5-14/h1-7,10,13,19,23H,8-9,11-12H2/t19-/m0/s1. The van der Waals surface area contributed by atoms with E-state index in [4.69, 9.17) is 16.3 Å². The number of nitrogens with one attached hydrogen (secondary N) is 1. The van der Waals surface area contributed by atoms with Gasteiger partial charge in [0.1, 0.15) is 11.9 Å². The zero-order chi connectivity index (χ0) is 20.4. The van der Waals surface area contributed by atoms with E-state index in [1.54, 1.807) is 0 Å². The molecule has 1 N–H and O–H groups in total. The Morgan fingerprint density at radius 3 is 2.79 bits per heavy atom. The van der Waals surface area contributed by atoms with Crippen LogP contribution in [-0.2, 0) is 27.7 Å². The van der Waals surface area contributed by atoms with Gasteiger partial charge >= 0.3 is 0 Å². The van der Waals surface area contributed by atoms with Gasteiger partial charge in [-0.1, -0.05) is 41.9 Å². The number of halogens is 2. The maximum atomic E-state index is 13.3. The highest BCUT2D eigenvalue weighted by Gasteiger charge is 2.27. The molecule has 1 aliphatic heterocycles. The van der Waals surface area contributed by atoms with Crippen molar-refractivity contribution in [3.05, 3.63) is 82.4 Å². The lowest BCUT2D eigenvalue weighted by Crippen LogP contribution is -2.32. The summed E-state index contributed by atoms with van der Waals surface area (Å²) in [6.07, 6.45) is 2.20. The maximum absolute atomic E-state index is 13.3. The Bertz CT molecular complexity index is 1120. The molecule has 0 saturated heterocycles. The first-order valence-electron chi connectivity index (χ1n) is 9.09. The highest BCUT2D eigenvalue weighted by Crippen LogP contribution is 2.26. The summed E-state index contributed by atoms with van der Waals surface area (Å²) in [6, 6.07) is 13.2. The van der Waals surface area contributed by atoms with Crippen molar-refractivity contribution in [2.75, 3.05) is 13.2 Å². The van der Waals surface area contributed by atoms with Crippen LogP contribution in [0.1, 0.15) is 22.9 Å². The minimum Gasteiger partial charge on any atom is -0.370 e. The van der Waals surface area contributed by atoms with Crippen molar-refractivity contribution < 1.29 is 17.5 Å². The van der Waals surface area contributed by atoms with Gasteiger partial charge in [-0.2, -0.15) is 5.10 Å². The second-order valence-corrected chi connectivity index (χ2v) is 8.93. The summed E-state index contributed by atoms with van der Waals surface area (Å²) in [5, 5.41) is 4.37. The van der Waals surface area contributed by atoms with Gasteiger partial charge in [0.25, 0.3) is 0 Å². The fourth-order valence-electron chi connectivity index (χ4n) is 3.25. The summed E-state index contributed by atoms with van der Waals surface area (Å²) < 4.78 is 48.5. The van der Waals surface area contributed by atoms with Crippen LogP contribution in [0.2, 0.25) is 5.02 Å². The third-order valence-electron chi connectivity index (χ3n) is 4.71. The normalized spacial score (nSPS) is 16.6. The van der Waals surface area contributed by atoms with Crippen LogP contribution in [0.5, 0.6) is 0 Å². The van der Waals surface area contributed by atoms with Crippen LogP contribution in [0.3, 0.4) is 0 Å². The van der Waals surface area contributed by atoms with Gasteiger partial charge in [-0.15, -0.1) is 0 Å². The molecule has 0 aliphatic carbocycles. The minimum atomic E-state index is -3.86. The molecule has 0 saturated carbocycles. The Labute approximate surface area is 173 Å². The number of fused-ring (bicyclic) bond motifs is 1. The highest BCUT2D eigenvalue weighted by atomic mass is 35.5. The molecule has 1 aliphatic rings. The van der Waals surface area contributed by atoms with E-state index in [-0.39, 0.29) is 16.5 Å². The zero-order valence-corrected chi connectivity index (χ0v) is 17.0. The molecule has 0 bridgehead atoms. The van der Waals surface area contributed by atoms with Crippen LogP contribution in [0.25, 0.3) is 0 Å². The first kappa shape index (κ1) is 20.0. The summed E-state index contributed by atoms with van der Waals surface area (Å²) in [4.78, 5) is -0.102. The molecular weight excluding hydrogens is 417 g/mol. The smallest absolute Gasteiger partial charge is 0.240 e. The summed E-state index contributed by atoms with van der Waals surface area (Å²) >= 11 is 5.70. The van der Waals surface area contributed by atoms with Crippen molar-refractivity contribution in [3.8, 4) is 0 Å². The molecule has 3 aromatic rings. The monoisotopic (exact) mass is 435 g/mol. The van der Waals surface area contributed by atoms with Gasteiger partial charge in [0.15, 0.2) is 0 Å². The zero-order valence-electron chi connectivity index (χ0n) is 15.4. The fraction of sp³-hybridized carbons (Fsp3) is 0.250. The van der Waals surface area contributed by atoms with Crippen molar-refractivity contribution in [1.29, 1.82) is 0 Å². The van der Waals surface area contributed by atoms with E-state index >= 15 is 0 Å². The van der Waals surface area contributed by atoms with Gasteiger partial charge in [-0.3, -0.25) is 4.68 Å². The van der Waals surface area contributed by atoms with E-state index in [0.717, 1.165) is 35.4 Å². The second-order valence-electron chi connectivity index (χ2n) is 6.76. The summed E-state index contributed by atoms with van der Waals surface area (Å²) in [5.41, 5.74) is 2.90. The average Bonchev–Trinajstić information content (AvgIpc) is 3.12. The molecule has 1 atom stereocenters. The Balaban J connectivity index is 1.49. The predicted molar refractivity (Wildman–Crippen MR) is 107 cm³/mol. The third kappa shape index (κ3) is 4.51. The molecule has 0 unspecified atom stereocenters. The number of hydrogen-bond donors (Lipinski definition) is 1. The van der Waals surface area contributed by atoms with Crippen molar-refractivity contribution in [2.45, 2.75) is 24.0 Å². The average molecular weight is 436 g/mol. The van der Waals surface area contributed by atoms with Gasteiger partial charge in [0.2, 0.25) is 10.0 Å². The topological polar surface area (TPSA) is 73.2 Å². The molecule has 2 aromatic carbocycles. The molecule has 0 amide bonds. The molecule has 6 nitrogen and oxygen atoms in total. The molecular formula is C20H19ClFN3O3S. The van der Waals surface area contributed by atoms with Gasteiger partial charge in [-0.05, 0) is 35.7 Å². The number of aromatic nitrogens is 2. The van der Waals surface area contributed by atoms with E-state index in [2.05, 4.69) is 9.82 Å². The number of ether oxygens (including phenoxy) is 1. The van der Waals surface area contributed by atoms with E-state index in [1.165, 1.54) is 6.07 Å². The molecule has 4 rings (SSSR count). The van der Waals surface area contributed by atoms with Crippen LogP contribution in [0.15, 0.2) is 59.6 Å². The Morgan fingerprint density at radius 1 is 1.24 bits per heavy atom. The van der Waals surface area contributed by atoms with Gasteiger partial charge in [0, 0.05) is 12.7 Å². The number of rotatable bonds is 6. The number of sulfonamides is 1. The van der Waals surface area contributed by atoms with E-state index in [0.29, 0.717) is 13.2 Å². The first-order chi connectivity index (χ1) is 13.9. The van der Waals surface area contributed by atoms with Crippen LogP contribution in [0, 0.1) is 5.82 Å². The lowest BCUT2D eigenvalue weighted by molar-refractivity contribution is 0.0430. The molecule has 0 spiro atoms. The highest BCUT2D eigenvalue weighted by molar-refractivity contribution is 7.89. The van der Waals surface area contributed by atoms with E-state index < -0.39 is 21.9 Å². The minimum absolute atomic E-state index is 0.0205. The van der Waals surface area contributed by atoms with Crippen molar-refractivity contribution in [3.63, 3.8) is 0 Å². The fourth-order valence-corrected chi connectivity index (χ4v) is 4.55. The lowest BCUT2D eigenvalue weighted by atomic mass is 10.1. The maximum Gasteiger partial charge on any atom is 0.240 e. The molecule has 1 aromatic heterocycles. The molecule has 0 radical (unpaired) electrons. The summed E-state index contributed by atoms with van der Waals surface area (Å²) in [5.74, 6) is -0.671. The number of hydrogen-bond acceptors (Lipinski definition) is 4. The summed E-state index contributed by atoms with van der Waals surface area (Å²) in [6.45, 7) is 1.13. The number of nitrogens with zero attached hydrogens (tertiary/aromatic N) is 2. The van der Waals surface area contributed by atoms with Crippen LogP contribution in [-0.4, -0.2) is 31.3 Å². The predicted octanol–water partition coefficient (Wildman–Crippen LogP) is 3.32.